The van der Waals surface area contributed by atoms with Crippen LogP contribution in [0.1, 0.15) is 24.8 Å². The van der Waals surface area contributed by atoms with Crippen molar-refractivity contribution in [3.8, 4) is 0 Å². The normalized spacial score (nSPS) is 20.7. The molecule has 2 fully saturated rings. The number of carbonyl (C=O) groups excluding carboxylic acids is 2. The third-order valence-electron chi connectivity index (χ3n) is 5.97. The molecule has 0 radical (unpaired) electrons. The standard InChI is InChI=1S/C23H30N4O2/c28-22(24-9-13-26-11-3-4-12-26)16-21-23(29)25-10-14-27(21)17-18-7-8-19-5-1-2-6-20(19)15-18/h1-2,5-8,15,21H,3-4,9-14,16-17H2,(H,24,28)(H,25,29)/t21-/m0/s1. The summed E-state index contributed by atoms with van der Waals surface area (Å²) in [6.45, 7) is 5.84. The van der Waals surface area contributed by atoms with Gasteiger partial charge in [0.1, 0.15) is 0 Å². The quantitative estimate of drug-likeness (QED) is 0.751. The number of hydrogen-bond acceptors (Lipinski definition) is 4. The van der Waals surface area contributed by atoms with Gasteiger partial charge in [0.05, 0.1) is 12.5 Å². The van der Waals surface area contributed by atoms with Crippen molar-refractivity contribution >= 4 is 22.6 Å². The van der Waals surface area contributed by atoms with Crippen LogP contribution in [-0.4, -0.2) is 66.9 Å². The molecule has 0 bridgehead atoms. The second-order valence-corrected chi connectivity index (χ2v) is 8.06. The molecule has 0 spiro atoms. The van der Waals surface area contributed by atoms with Crippen LogP contribution in [0.5, 0.6) is 0 Å². The molecule has 6 heteroatoms. The maximum Gasteiger partial charge on any atom is 0.237 e. The number of carbonyl (C=O) groups is 2. The first-order chi connectivity index (χ1) is 14.2. The highest BCUT2D eigenvalue weighted by atomic mass is 16.2. The van der Waals surface area contributed by atoms with Crippen LogP contribution in [0.15, 0.2) is 42.5 Å². The number of fused-ring (bicyclic) bond motifs is 1. The molecule has 2 aromatic rings. The van der Waals surface area contributed by atoms with Gasteiger partial charge >= 0.3 is 0 Å². The summed E-state index contributed by atoms with van der Waals surface area (Å²) in [6, 6.07) is 14.3. The molecule has 0 saturated carbocycles. The second kappa shape index (κ2) is 9.37. The van der Waals surface area contributed by atoms with E-state index in [0.29, 0.717) is 19.6 Å². The van der Waals surface area contributed by atoms with Crippen LogP contribution in [0.25, 0.3) is 10.8 Å². The third kappa shape index (κ3) is 5.14. The molecule has 0 aromatic heterocycles. The molecule has 2 amide bonds. The maximum atomic E-state index is 12.5. The summed E-state index contributed by atoms with van der Waals surface area (Å²) in [7, 11) is 0. The summed E-state index contributed by atoms with van der Waals surface area (Å²) in [4.78, 5) is 29.5. The number of amides is 2. The Balaban J connectivity index is 1.35. The van der Waals surface area contributed by atoms with Crippen molar-refractivity contribution in [2.75, 3.05) is 39.3 Å². The minimum atomic E-state index is -0.415. The third-order valence-corrected chi connectivity index (χ3v) is 5.97. The van der Waals surface area contributed by atoms with Crippen LogP contribution in [0, 0.1) is 0 Å². The highest BCUT2D eigenvalue weighted by Crippen LogP contribution is 2.19. The Bertz CT molecular complexity index is 863. The Labute approximate surface area is 172 Å². The predicted molar refractivity (Wildman–Crippen MR) is 114 cm³/mol. The van der Waals surface area contributed by atoms with E-state index in [1.165, 1.54) is 23.6 Å². The summed E-state index contributed by atoms with van der Waals surface area (Å²) in [5.74, 6) is -0.0958. The van der Waals surface area contributed by atoms with Gasteiger partial charge in [0.25, 0.3) is 0 Å². The van der Waals surface area contributed by atoms with Gasteiger partial charge in [0.15, 0.2) is 0 Å². The van der Waals surface area contributed by atoms with E-state index in [4.69, 9.17) is 0 Å². The van der Waals surface area contributed by atoms with Crippen molar-refractivity contribution < 1.29 is 9.59 Å². The zero-order chi connectivity index (χ0) is 20.1. The van der Waals surface area contributed by atoms with E-state index in [1.54, 1.807) is 0 Å². The van der Waals surface area contributed by atoms with Crippen LogP contribution in [0.2, 0.25) is 0 Å². The summed E-state index contributed by atoms with van der Waals surface area (Å²) >= 11 is 0. The molecule has 2 aliphatic heterocycles. The summed E-state index contributed by atoms with van der Waals surface area (Å²) in [5, 5.41) is 8.32. The lowest BCUT2D eigenvalue weighted by Gasteiger charge is -2.34. The zero-order valence-corrected chi connectivity index (χ0v) is 16.9. The summed E-state index contributed by atoms with van der Waals surface area (Å²) < 4.78 is 0. The maximum absolute atomic E-state index is 12.5. The SMILES string of the molecule is O=C(C[C@H]1C(=O)NCCN1Cc1ccc2ccccc2c1)NCCN1CCCC1. The highest BCUT2D eigenvalue weighted by molar-refractivity contribution is 5.89. The Morgan fingerprint density at radius 2 is 1.86 bits per heavy atom. The van der Waals surface area contributed by atoms with Gasteiger partial charge in [-0.2, -0.15) is 0 Å². The first-order valence-corrected chi connectivity index (χ1v) is 10.7. The van der Waals surface area contributed by atoms with Gasteiger partial charge in [-0.3, -0.25) is 14.5 Å². The average Bonchev–Trinajstić information content (AvgIpc) is 3.24. The lowest BCUT2D eigenvalue weighted by atomic mass is 10.0. The summed E-state index contributed by atoms with van der Waals surface area (Å²) in [6.07, 6.45) is 2.71. The topological polar surface area (TPSA) is 64.7 Å². The van der Waals surface area contributed by atoms with E-state index < -0.39 is 6.04 Å². The largest absolute Gasteiger partial charge is 0.355 e. The molecule has 2 N–H and O–H groups in total. The minimum Gasteiger partial charge on any atom is -0.355 e. The Hall–Kier alpha value is -2.44. The lowest BCUT2D eigenvalue weighted by Crippen LogP contribution is -2.56. The molecule has 2 saturated heterocycles. The molecule has 154 valence electrons. The van der Waals surface area contributed by atoms with Crippen LogP contribution in [-0.2, 0) is 16.1 Å². The number of benzene rings is 2. The Morgan fingerprint density at radius 1 is 1.07 bits per heavy atom. The molecule has 29 heavy (non-hydrogen) atoms. The van der Waals surface area contributed by atoms with Crippen LogP contribution in [0.3, 0.4) is 0 Å². The molecule has 2 aromatic carbocycles. The van der Waals surface area contributed by atoms with E-state index in [1.807, 2.05) is 12.1 Å². The van der Waals surface area contributed by atoms with Gasteiger partial charge in [-0.15, -0.1) is 0 Å². The van der Waals surface area contributed by atoms with Crippen molar-refractivity contribution in [3.63, 3.8) is 0 Å². The molecule has 2 heterocycles. The number of hydrogen-bond donors (Lipinski definition) is 2. The average molecular weight is 395 g/mol. The molecule has 1 atom stereocenters. The van der Waals surface area contributed by atoms with Crippen molar-refractivity contribution in [3.05, 3.63) is 48.0 Å². The smallest absolute Gasteiger partial charge is 0.237 e. The monoisotopic (exact) mass is 394 g/mol. The molecule has 0 unspecified atom stereocenters. The first kappa shape index (κ1) is 19.9. The van der Waals surface area contributed by atoms with Crippen molar-refractivity contribution in [2.24, 2.45) is 0 Å². The molecule has 0 aliphatic carbocycles. The zero-order valence-electron chi connectivity index (χ0n) is 16.9. The van der Waals surface area contributed by atoms with Crippen LogP contribution >= 0.6 is 0 Å². The van der Waals surface area contributed by atoms with Crippen LogP contribution < -0.4 is 10.6 Å². The fourth-order valence-corrected chi connectivity index (χ4v) is 4.35. The molecular weight excluding hydrogens is 364 g/mol. The second-order valence-electron chi connectivity index (χ2n) is 8.06. The van der Waals surface area contributed by atoms with Gasteiger partial charge in [-0.1, -0.05) is 36.4 Å². The molecule has 4 rings (SSSR count). The van der Waals surface area contributed by atoms with Gasteiger partial charge in [-0.25, -0.2) is 0 Å². The fraction of sp³-hybridized carbons (Fsp3) is 0.478. The van der Waals surface area contributed by atoms with E-state index in [-0.39, 0.29) is 18.2 Å². The lowest BCUT2D eigenvalue weighted by molar-refractivity contribution is -0.134. The fourth-order valence-electron chi connectivity index (χ4n) is 4.35. The van der Waals surface area contributed by atoms with Crippen molar-refractivity contribution in [1.29, 1.82) is 0 Å². The molecular formula is C23H30N4O2. The highest BCUT2D eigenvalue weighted by Gasteiger charge is 2.31. The number of piperazine rings is 1. The summed E-state index contributed by atoms with van der Waals surface area (Å²) in [5.41, 5.74) is 1.16. The number of nitrogens with zero attached hydrogens (tertiary/aromatic N) is 2. The van der Waals surface area contributed by atoms with E-state index in [2.05, 4.69) is 50.8 Å². The van der Waals surface area contributed by atoms with Crippen molar-refractivity contribution in [2.45, 2.75) is 31.8 Å². The Morgan fingerprint density at radius 3 is 2.69 bits per heavy atom. The predicted octanol–water partition coefficient (Wildman–Crippen LogP) is 1.74. The Kier molecular flexibility index (Phi) is 6.42. The van der Waals surface area contributed by atoms with E-state index in [9.17, 15) is 9.59 Å². The first-order valence-electron chi connectivity index (χ1n) is 10.7. The number of nitrogens with one attached hydrogen (secondary N) is 2. The van der Waals surface area contributed by atoms with Crippen molar-refractivity contribution in [1.82, 2.24) is 20.4 Å². The van der Waals surface area contributed by atoms with Gasteiger partial charge in [0, 0.05) is 32.7 Å². The number of likely N-dealkylation sites (tertiary alicyclic amines) is 1. The van der Waals surface area contributed by atoms with E-state index in [0.717, 1.165) is 31.7 Å². The van der Waals surface area contributed by atoms with Gasteiger partial charge in [-0.05, 0) is 48.3 Å². The van der Waals surface area contributed by atoms with Gasteiger partial charge in [0.2, 0.25) is 11.8 Å². The van der Waals surface area contributed by atoms with Gasteiger partial charge < -0.3 is 15.5 Å². The van der Waals surface area contributed by atoms with E-state index >= 15 is 0 Å². The minimum absolute atomic E-state index is 0.0465. The number of rotatable bonds is 7. The van der Waals surface area contributed by atoms with Crippen LogP contribution in [0.4, 0.5) is 0 Å². The molecule has 6 nitrogen and oxygen atoms in total. The molecule has 2 aliphatic rings.